The summed E-state index contributed by atoms with van der Waals surface area (Å²) in [6.45, 7) is 5.78. The van der Waals surface area contributed by atoms with Crippen LogP contribution in [0, 0.1) is 18.3 Å². The second-order valence-corrected chi connectivity index (χ2v) is 6.80. The second-order valence-electron chi connectivity index (χ2n) is 6.80. The molecule has 0 aromatic heterocycles. The lowest BCUT2D eigenvalue weighted by Crippen LogP contribution is -2.61. The van der Waals surface area contributed by atoms with Crippen molar-refractivity contribution in [2.45, 2.75) is 76.8 Å². The molecule has 0 aromatic carbocycles. The van der Waals surface area contributed by atoms with Crippen molar-refractivity contribution in [1.82, 2.24) is 10.2 Å². The van der Waals surface area contributed by atoms with E-state index in [0.717, 1.165) is 25.3 Å². The molecule has 0 saturated heterocycles. The summed E-state index contributed by atoms with van der Waals surface area (Å²) in [7, 11) is 4.53. The van der Waals surface area contributed by atoms with E-state index < -0.39 is 0 Å². The highest BCUT2D eigenvalue weighted by molar-refractivity contribution is 5.02. The minimum absolute atomic E-state index is 0.321. The Balaban J connectivity index is 2.82. The monoisotopic (exact) mass is 278 g/mol. The predicted molar refractivity (Wildman–Crippen MR) is 88.8 cm³/mol. The van der Waals surface area contributed by atoms with Crippen molar-refractivity contribution in [2.75, 3.05) is 20.6 Å². The van der Waals surface area contributed by atoms with Gasteiger partial charge in [-0.2, -0.15) is 0 Å². The van der Waals surface area contributed by atoms with Gasteiger partial charge in [0.05, 0.1) is 0 Å². The lowest BCUT2D eigenvalue weighted by molar-refractivity contribution is 0.0338. The largest absolute Gasteiger partial charge is 0.312 e. The summed E-state index contributed by atoms with van der Waals surface area (Å²) in [6, 6.07) is 0.577. The summed E-state index contributed by atoms with van der Waals surface area (Å²) in [5, 5.41) is 3.83. The summed E-state index contributed by atoms with van der Waals surface area (Å²) >= 11 is 0. The van der Waals surface area contributed by atoms with Gasteiger partial charge in [-0.25, -0.2) is 0 Å². The third-order valence-corrected chi connectivity index (χ3v) is 5.00. The first-order chi connectivity index (χ1) is 9.56. The average Bonchev–Trinajstić information content (AvgIpc) is 2.42. The van der Waals surface area contributed by atoms with Gasteiger partial charge in [0.2, 0.25) is 0 Å². The van der Waals surface area contributed by atoms with Crippen molar-refractivity contribution in [3.8, 4) is 12.3 Å². The molecule has 0 radical (unpaired) electrons. The van der Waals surface area contributed by atoms with Gasteiger partial charge in [0.25, 0.3) is 0 Å². The van der Waals surface area contributed by atoms with Crippen molar-refractivity contribution >= 4 is 0 Å². The van der Waals surface area contributed by atoms with Crippen LogP contribution in [0.5, 0.6) is 0 Å². The molecule has 116 valence electrons. The molecule has 0 aliphatic heterocycles. The quantitative estimate of drug-likeness (QED) is 0.538. The van der Waals surface area contributed by atoms with Gasteiger partial charge in [-0.3, -0.25) is 0 Å². The summed E-state index contributed by atoms with van der Waals surface area (Å²) in [5.41, 5.74) is 0.321. The molecule has 0 spiro atoms. The Morgan fingerprint density at radius 1 is 1.45 bits per heavy atom. The lowest BCUT2D eigenvalue weighted by Gasteiger charge is -2.50. The fraction of sp³-hybridized carbons (Fsp3) is 0.889. The maximum absolute atomic E-state index is 5.43. The molecule has 1 rings (SSSR count). The molecule has 0 bridgehead atoms. The maximum atomic E-state index is 5.43. The molecule has 1 aliphatic carbocycles. The van der Waals surface area contributed by atoms with Gasteiger partial charge in [-0.05, 0) is 58.7 Å². The molecule has 1 saturated carbocycles. The first-order valence-electron chi connectivity index (χ1n) is 8.41. The van der Waals surface area contributed by atoms with Gasteiger partial charge in [0.15, 0.2) is 0 Å². The van der Waals surface area contributed by atoms with Gasteiger partial charge in [-0.15, -0.1) is 12.3 Å². The number of likely N-dealkylation sites (N-methyl/N-ethyl adjacent to an activating group) is 1. The van der Waals surface area contributed by atoms with E-state index in [0.29, 0.717) is 11.6 Å². The van der Waals surface area contributed by atoms with E-state index in [-0.39, 0.29) is 0 Å². The summed E-state index contributed by atoms with van der Waals surface area (Å²) < 4.78 is 0. The molecular formula is C18H34N2. The third-order valence-electron chi connectivity index (χ3n) is 5.00. The second kappa shape index (κ2) is 8.70. The zero-order valence-corrected chi connectivity index (χ0v) is 14.0. The lowest BCUT2D eigenvalue weighted by atomic mass is 9.70. The standard InChI is InChI=1S/C18H34N2/c1-6-8-9-12-17(19-14-7-2)18(20(4)5)13-10-11-16(3)15-18/h1,16-17,19H,7-15H2,2-5H3. The number of hydrogen-bond acceptors (Lipinski definition) is 2. The molecule has 2 nitrogen and oxygen atoms in total. The number of terminal acetylenes is 1. The molecule has 20 heavy (non-hydrogen) atoms. The fourth-order valence-electron chi connectivity index (χ4n) is 3.89. The summed E-state index contributed by atoms with van der Waals surface area (Å²) in [6.07, 6.45) is 15.3. The highest BCUT2D eigenvalue weighted by Gasteiger charge is 2.42. The molecule has 1 aliphatic rings. The predicted octanol–water partition coefficient (Wildman–Crippen LogP) is 3.67. The highest BCUT2D eigenvalue weighted by atomic mass is 15.2. The van der Waals surface area contributed by atoms with Crippen LogP contribution < -0.4 is 5.32 Å². The van der Waals surface area contributed by atoms with Crippen LogP contribution in [0.25, 0.3) is 0 Å². The fourth-order valence-corrected chi connectivity index (χ4v) is 3.89. The van der Waals surface area contributed by atoms with Crippen molar-refractivity contribution in [1.29, 1.82) is 0 Å². The maximum Gasteiger partial charge on any atom is 0.0358 e. The van der Waals surface area contributed by atoms with Gasteiger partial charge in [0.1, 0.15) is 0 Å². The van der Waals surface area contributed by atoms with E-state index in [1.807, 2.05) is 0 Å². The Morgan fingerprint density at radius 3 is 2.75 bits per heavy atom. The molecule has 3 atom stereocenters. The molecular weight excluding hydrogens is 244 g/mol. The molecule has 0 amide bonds. The summed E-state index contributed by atoms with van der Waals surface area (Å²) in [4.78, 5) is 2.49. The molecule has 0 heterocycles. The first kappa shape index (κ1) is 17.5. The van der Waals surface area contributed by atoms with Crippen molar-refractivity contribution in [3.05, 3.63) is 0 Å². The van der Waals surface area contributed by atoms with Crippen LogP contribution in [0.1, 0.15) is 65.2 Å². The number of nitrogens with zero attached hydrogens (tertiary/aromatic N) is 1. The number of hydrogen-bond donors (Lipinski definition) is 1. The normalized spacial score (nSPS) is 28.3. The van der Waals surface area contributed by atoms with Gasteiger partial charge in [0, 0.05) is 18.0 Å². The van der Waals surface area contributed by atoms with Crippen molar-refractivity contribution < 1.29 is 0 Å². The van der Waals surface area contributed by atoms with E-state index in [2.05, 4.69) is 44.1 Å². The third kappa shape index (κ3) is 4.50. The van der Waals surface area contributed by atoms with Gasteiger partial charge < -0.3 is 10.2 Å². The molecule has 1 N–H and O–H groups in total. The van der Waals surface area contributed by atoms with Crippen LogP contribution in [0.4, 0.5) is 0 Å². The van der Waals surface area contributed by atoms with E-state index in [4.69, 9.17) is 6.42 Å². The Hall–Kier alpha value is -0.520. The highest BCUT2D eigenvalue weighted by Crippen LogP contribution is 2.39. The number of unbranched alkanes of at least 4 members (excludes halogenated alkanes) is 1. The number of rotatable bonds is 8. The Kier molecular flexibility index (Phi) is 7.62. The SMILES string of the molecule is C#CCCCC(NCCC)C1(N(C)C)CCCC(C)C1. The number of nitrogens with one attached hydrogen (secondary N) is 1. The van der Waals surface area contributed by atoms with Crippen LogP contribution in [-0.4, -0.2) is 37.1 Å². The zero-order valence-electron chi connectivity index (χ0n) is 14.0. The van der Waals surface area contributed by atoms with Crippen LogP contribution >= 0.6 is 0 Å². The van der Waals surface area contributed by atoms with E-state index in [1.54, 1.807) is 0 Å². The minimum atomic E-state index is 0.321. The molecule has 1 fully saturated rings. The van der Waals surface area contributed by atoms with Crippen LogP contribution in [-0.2, 0) is 0 Å². The average molecular weight is 278 g/mol. The first-order valence-corrected chi connectivity index (χ1v) is 8.41. The Morgan fingerprint density at radius 2 is 2.20 bits per heavy atom. The summed E-state index contributed by atoms with van der Waals surface area (Å²) in [5.74, 6) is 3.63. The molecule has 0 aromatic rings. The van der Waals surface area contributed by atoms with E-state index >= 15 is 0 Å². The van der Waals surface area contributed by atoms with E-state index in [1.165, 1.54) is 38.5 Å². The zero-order chi connectivity index (χ0) is 15.0. The minimum Gasteiger partial charge on any atom is -0.312 e. The van der Waals surface area contributed by atoms with E-state index in [9.17, 15) is 0 Å². The topological polar surface area (TPSA) is 15.3 Å². The molecule has 3 unspecified atom stereocenters. The van der Waals surface area contributed by atoms with Crippen LogP contribution in [0.2, 0.25) is 0 Å². The van der Waals surface area contributed by atoms with Gasteiger partial charge >= 0.3 is 0 Å². The smallest absolute Gasteiger partial charge is 0.0358 e. The molecule has 2 heteroatoms. The Bertz CT molecular complexity index is 305. The van der Waals surface area contributed by atoms with Gasteiger partial charge in [-0.1, -0.05) is 26.7 Å². The van der Waals surface area contributed by atoms with Crippen LogP contribution in [0.15, 0.2) is 0 Å². The van der Waals surface area contributed by atoms with Crippen LogP contribution in [0.3, 0.4) is 0 Å². The Labute approximate surface area is 126 Å². The van der Waals surface area contributed by atoms with Crippen molar-refractivity contribution in [3.63, 3.8) is 0 Å². The van der Waals surface area contributed by atoms with Crippen molar-refractivity contribution in [2.24, 2.45) is 5.92 Å².